The fraction of sp³-hybridized carbons (Fsp3) is 0.625. The standard InChI is InChI=1S/C16H22N4O2S/c1-10(2)8-13-17-9-12(23-13)14(21)19-16(6-4-5-7-16)15-18-11(3)22-20-15/h9-10H,4-8H2,1-3H3,(H,19,21). The van der Waals surface area contributed by atoms with Crippen molar-refractivity contribution >= 4 is 17.2 Å². The number of hydrogen-bond donors (Lipinski definition) is 1. The van der Waals surface area contributed by atoms with E-state index in [1.807, 2.05) is 0 Å². The highest BCUT2D eigenvalue weighted by atomic mass is 32.1. The van der Waals surface area contributed by atoms with Gasteiger partial charge in [0, 0.05) is 13.3 Å². The molecule has 0 aromatic carbocycles. The molecular weight excluding hydrogens is 312 g/mol. The van der Waals surface area contributed by atoms with E-state index in [9.17, 15) is 4.79 Å². The van der Waals surface area contributed by atoms with Gasteiger partial charge in [-0.3, -0.25) is 4.79 Å². The minimum Gasteiger partial charge on any atom is -0.340 e. The van der Waals surface area contributed by atoms with Crippen molar-refractivity contribution in [1.29, 1.82) is 0 Å². The molecule has 7 heteroatoms. The van der Waals surface area contributed by atoms with Crippen LogP contribution in [0.3, 0.4) is 0 Å². The third kappa shape index (κ3) is 3.44. The molecule has 1 fully saturated rings. The first-order valence-corrected chi connectivity index (χ1v) is 8.88. The molecule has 23 heavy (non-hydrogen) atoms. The lowest BCUT2D eigenvalue weighted by Crippen LogP contribution is -2.44. The van der Waals surface area contributed by atoms with Crippen molar-refractivity contribution in [2.24, 2.45) is 5.92 Å². The van der Waals surface area contributed by atoms with Gasteiger partial charge in [-0.05, 0) is 18.8 Å². The van der Waals surface area contributed by atoms with Crippen LogP contribution in [-0.4, -0.2) is 21.0 Å². The first-order valence-electron chi connectivity index (χ1n) is 8.06. The summed E-state index contributed by atoms with van der Waals surface area (Å²) in [5.74, 6) is 1.55. The van der Waals surface area contributed by atoms with E-state index < -0.39 is 5.54 Å². The molecule has 2 heterocycles. The minimum absolute atomic E-state index is 0.0955. The molecule has 1 aliphatic carbocycles. The largest absolute Gasteiger partial charge is 0.340 e. The van der Waals surface area contributed by atoms with Crippen LogP contribution in [0.1, 0.15) is 65.9 Å². The second kappa shape index (κ2) is 6.39. The molecule has 1 amide bonds. The first kappa shape index (κ1) is 16.1. The molecule has 0 unspecified atom stereocenters. The van der Waals surface area contributed by atoms with Crippen molar-refractivity contribution in [1.82, 2.24) is 20.4 Å². The summed E-state index contributed by atoms with van der Waals surface area (Å²) in [6.45, 7) is 6.06. The monoisotopic (exact) mass is 334 g/mol. The van der Waals surface area contributed by atoms with E-state index in [1.54, 1.807) is 13.1 Å². The minimum atomic E-state index is -0.503. The Labute approximate surface area is 139 Å². The first-order chi connectivity index (χ1) is 11.0. The number of rotatable bonds is 5. The van der Waals surface area contributed by atoms with Gasteiger partial charge in [-0.1, -0.05) is 31.8 Å². The molecule has 3 rings (SSSR count). The number of carbonyl (C=O) groups is 1. The molecule has 2 aromatic heterocycles. The van der Waals surface area contributed by atoms with E-state index in [4.69, 9.17) is 4.52 Å². The van der Waals surface area contributed by atoms with Crippen LogP contribution < -0.4 is 5.32 Å². The number of nitrogens with zero attached hydrogens (tertiary/aromatic N) is 3. The van der Waals surface area contributed by atoms with E-state index in [0.29, 0.717) is 22.5 Å². The maximum Gasteiger partial charge on any atom is 0.263 e. The topological polar surface area (TPSA) is 80.9 Å². The Hall–Kier alpha value is -1.76. The number of nitrogens with one attached hydrogen (secondary N) is 1. The van der Waals surface area contributed by atoms with E-state index in [2.05, 4.69) is 34.3 Å². The molecule has 1 aliphatic rings. The Morgan fingerprint density at radius 3 is 2.78 bits per heavy atom. The van der Waals surface area contributed by atoms with Crippen molar-refractivity contribution < 1.29 is 9.32 Å². The predicted molar refractivity (Wildman–Crippen MR) is 87.3 cm³/mol. The van der Waals surface area contributed by atoms with Gasteiger partial charge in [0.2, 0.25) is 5.89 Å². The molecule has 0 aliphatic heterocycles. The summed E-state index contributed by atoms with van der Waals surface area (Å²) in [5.41, 5.74) is -0.503. The summed E-state index contributed by atoms with van der Waals surface area (Å²) in [6, 6.07) is 0. The number of aryl methyl sites for hydroxylation is 1. The zero-order valence-corrected chi connectivity index (χ0v) is 14.6. The molecule has 0 radical (unpaired) electrons. The van der Waals surface area contributed by atoms with Crippen LogP contribution in [-0.2, 0) is 12.0 Å². The van der Waals surface area contributed by atoms with Gasteiger partial charge in [-0.15, -0.1) is 11.3 Å². The van der Waals surface area contributed by atoms with Crippen LogP contribution in [0.25, 0.3) is 0 Å². The SMILES string of the molecule is Cc1nc(C2(NC(=O)c3cnc(CC(C)C)s3)CCCC2)no1. The molecular formula is C16H22N4O2S. The van der Waals surface area contributed by atoms with Crippen LogP contribution >= 0.6 is 11.3 Å². The zero-order chi connectivity index (χ0) is 16.4. The van der Waals surface area contributed by atoms with Crippen molar-refractivity contribution in [2.45, 2.75) is 58.4 Å². The molecule has 124 valence electrons. The molecule has 0 bridgehead atoms. The lowest BCUT2D eigenvalue weighted by molar-refractivity contribution is 0.0896. The van der Waals surface area contributed by atoms with Gasteiger partial charge >= 0.3 is 0 Å². The molecule has 2 aromatic rings. The quantitative estimate of drug-likeness (QED) is 0.908. The van der Waals surface area contributed by atoms with Crippen molar-refractivity contribution in [3.05, 3.63) is 27.8 Å². The Morgan fingerprint density at radius 1 is 1.43 bits per heavy atom. The lowest BCUT2D eigenvalue weighted by Gasteiger charge is -2.26. The molecule has 0 atom stereocenters. The van der Waals surface area contributed by atoms with Crippen molar-refractivity contribution in [3.63, 3.8) is 0 Å². The van der Waals surface area contributed by atoms with Gasteiger partial charge in [0.05, 0.1) is 11.2 Å². The average Bonchev–Trinajstić information content (AvgIpc) is 3.19. The van der Waals surface area contributed by atoms with Crippen LogP contribution in [0, 0.1) is 12.8 Å². The highest BCUT2D eigenvalue weighted by Gasteiger charge is 2.41. The number of amides is 1. The van der Waals surface area contributed by atoms with E-state index in [1.165, 1.54) is 11.3 Å². The molecule has 6 nitrogen and oxygen atoms in total. The van der Waals surface area contributed by atoms with Gasteiger partial charge in [0.1, 0.15) is 10.4 Å². The summed E-state index contributed by atoms with van der Waals surface area (Å²) >= 11 is 1.46. The highest BCUT2D eigenvalue weighted by molar-refractivity contribution is 7.13. The second-order valence-corrected chi connectivity index (χ2v) is 7.71. The second-order valence-electron chi connectivity index (χ2n) is 6.60. The van der Waals surface area contributed by atoms with Crippen LogP contribution in [0.4, 0.5) is 0 Å². The summed E-state index contributed by atoms with van der Waals surface area (Å²) < 4.78 is 5.11. The average molecular weight is 334 g/mol. The van der Waals surface area contributed by atoms with E-state index in [0.717, 1.165) is 37.1 Å². The third-order valence-corrected chi connectivity index (χ3v) is 5.14. The van der Waals surface area contributed by atoms with Gasteiger partial charge < -0.3 is 9.84 Å². The summed E-state index contributed by atoms with van der Waals surface area (Å²) in [4.78, 5) is 22.0. The maximum absolute atomic E-state index is 12.7. The normalized spacial score (nSPS) is 16.9. The number of thiazole rings is 1. The number of aromatic nitrogens is 3. The fourth-order valence-electron chi connectivity index (χ4n) is 3.01. The Kier molecular flexibility index (Phi) is 4.48. The summed E-state index contributed by atoms with van der Waals surface area (Å²) in [5, 5.41) is 8.20. The van der Waals surface area contributed by atoms with Gasteiger partial charge in [-0.25, -0.2) is 4.98 Å². The Bertz CT molecular complexity index is 686. The molecule has 0 spiro atoms. The zero-order valence-electron chi connectivity index (χ0n) is 13.8. The molecule has 0 saturated heterocycles. The number of hydrogen-bond acceptors (Lipinski definition) is 6. The predicted octanol–water partition coefficient (Wildman–Crippen LogP) is 3.23. The smallest absolute Gasteiger partial charge is 0.263 e. The van der Waals surface area contributed by atoms with Crippen molar-refractivity contribution in [2.75, 3.05) is 0 Å². The van der Waals surface area contributed by atoms with Crippen molar-refractivity contribution in [3.8, 4) is 0 Å². The van der Waals surface area contributed by atoms with Crippen LogP contribution in [0.5, 0.6) is 0 Å². The number of carbonyl (C=O) groups excluding carboxylic acids is 1. The molecule has 1 saturated carbocycles. The summed E-state index contributed by atoms with van der Waals surface area (Å²) in [6.07, 6.45) is 6.35. The van der Waals surface area contributed by atoms with Crippen LogP contribution in [0.2, 0.25) is 0 Å². The van der Waals surface area contributed by atoms with Gasteiger partial charge in [-0.2, -0.15) is 4.98 Å². The van der Waals surface area contributed by atoms with Crippen LogP contribution in [0.15, 0.2) is 10.7 Å². The van der Waals surface area contributed by atoms with E-state index in [-0.39, 0.29) is 5.91 Å². The fourth-order valence-corrected chi connectivity index (χ4v) is 4.04. The summed E-state index contributed by atoms with van der Waals surface area (Å²) in [7, 11) is 0. The van der Waals surface area contributed by atoms with Gasteiger partial charge in [0.25, 0.3) is 5.91 Å². The van der Waals surface area contributed by atoms with Gasteiger partial charge in [0.15, 0.2) is 5.82 Å². The Balaban J connectivity index is 1.78. The van der Waals surface area contributed by atoms with E-state index >= 15 is 0 Å². The Morgan fingerprint density at radius 2 is 2.17 bits per heavy atom. The lowest BCUT2D eigenvalue weighted by atomic mass is 9.96. The molecule has 1 N–H and O–H groups in total. The third-order valence-electron chi connectivity index (χ3n) is 4.13. The maximum atomic E-state index is 12.7. The highest BCUT2D eigenvalue weighted by Crippen LogP contribution is 2.37.